The summed E-state index contributed by atoms with van der Waals surface area (Å²) in [4.78, 5) is 8.59. The van der Waals surface area contributed by atoms with Crippen molar-refractivity contribution in [3.63, 3.8) is 0 Å². The molecule has 1 aromatic carbocycles. The van der Waals surface area contributed by atoms with Crippen LogP contribution in [0.2, 0.25) is 0 Å². The van der Waals surface area contributed by atoms with Crippen molar-refractivity contribution >= 4 is 11.3 Å². The van der Waals surface area contributed by atoms with Crippen LogP contribution in [-0.2, 0) is 13.0 Å². The van der Waals surface area contributed by atoms with E-state index >= 15 is 0 Å². The van der Waals surface area contributed by atoms with Crippen molar-refractivity contribution in [2.75, 3.05) is 6.54 Å². The van der Waals surface area contributed by atoms with Crippen molar-refractivity contribution in [1.82, 2.24) is 20.4 Å². The van der Waals surface area contributed by atoms with Gasteiger partial charge in [0, 0.05) is 30.5 Å². The number of nitrogens with one attached hydrogen (secondary N) is 1. The van der Waals surface area contributed by atoms with Gasteiger partial charge in [0.1, 0.15) is 5.01 Å². The summed E-state index contributed by atoms with van der Waals surface area (Å²) >= 11 is 1.67. The predicted octanol–water partition coefficient (Wildman–Crippen LogP) is 2.53. The van der Waals surface area contributed by atoms with Crippen molar-refractivity contribution in [2.24, 2.45) is 0 Å². The van der Waals surface area contributed by atoms with Crippen LogP contribution in [0.1, 0.15) is 10.9 Å². The fourth-order valence-corrected chi connectivity index (χ4v) is 2.60. The molecule has 5 nitrogen and oxygen atoms in total. The summed E-state index contributed by atoms with van der Waals surface area (Å²) in [5.74, 6) is 0.654. The highest BCUT2D eigenvalue weighted by atomic mass is 32.1. The minimum atomic E-state index is 0.654. The summed E-state index contributed by atoms with van der Waals surface area (Å²) in [5.41, 5.74) is 2.19. The maximum atomic E-state index is 4.93. The highest BCUT2D eigenvalue weighted by Gasteiger charge is 2.04. The van der Waals surface area contributed by atoms with Crippen molar-refractivity contribution in [2.45, 2.75) is 13.0 Å². The molecule has 0 aliphatic rings. The van der Waals surface area contributed by atoms with E-state index < -0.39 is 0 Å². The van der Waals surface area contributed by atoms with E-state index in [-0.39, 0.29) is 0 Å². The molecule has 3 rings (SSSR count). The molecule has 0 saturated carbocycles. The van der Waals surface area contributed by atoms with Crippen LogP contribution in [-0.4, -0.2) is 21.7 Å². The van der Waals surface area contributed by atoms with Gasteiger partial charge in [0.2, 0.25) is 5.89 Å². The number of hydrogen-bond donors (Lipinski definition) is 1. The summed E-state index contributed by atoms with van der Waals surface area (Å²) in [7, 11) is 0. The van der Waals surface area contributed by atoms with Crippen LogP contribution in [0.3, 0.4) is 0 Å². The third kappa shape index (κ3) is 3.28. The molecule has 0 amide bonds. The molecule has 20 heavy (non-hydrogen) atoms. The average molecular weight is 286 g/mol. The molecule has 2 heterocycles. The van der Waals surface area contributed by atoms with E-state index in [4.69, 9.17) is 4.52 Å². The number of rotatable bonds is 6. The fourth-order valence-electron chi connectivity index (χ4n) is 1.83. The lowest BCUT2D eigenvalue weighted by molar-refractivity contribution is 0.375. The quantitative estimate of drug-likeness (QED) is 0.705. The number of aromatic nitrogens is 3. The lowest BCUT2D eigenvalue weighted by atomic mass is 10.2. The Morgan fingerprint density at radius 2 is 2.10 bits per heavy atom. The van der Waals surface area contributed by atoms with Gasteiger partial charge in [-0.3, -0.25) is 0 Å². The van der Waals surface area contributed by atoms with Gasteiger partial charge in [-0.1, -0.05) is 35.5 Å². The summed E-state index contributed by atoms with van der Waals surface area (Å²) < 4.78 is 4.93. The molecule has 0 aliphatic heterocycles. The molecule has 0 unspecified atom stereocenters. The average Bonchev–Trinajstić information content (AvgIpc) is 3.16. The Balaban J connectivity index is 1.50. The van der Waals surface area contributed by atoms with E-state index in [1.54, 1.807) is 11.3 Å². The molecule has 2 aromatic heterocycles. The molecule has 0 spiro atoms. The molecular weight excluding hydrogens is 272 g/mol. The van der Waals surface area contributed by atoms with Crippen LogP contribution >= 0.6 is 11.3 Å². The molecule has 0 fully saturated rings. The van der Waals surface area contributed by atoms with Crippen LogP contribution in [0.25, 0.3) is 11.3 Å². The normalized spacial score (nSPS) is 10.8. The van der Waals surface area contributed by atoms with E-state index in [0.717, 1.165) is 35.8 Å². The van der Waals surface area contributed by atoms with E-state index in [1.807, 2.05) is 18.2 Å². The lowest BCUT2D eigenvalue weighted by Crippen LogP contribution is -2.16. The zero-order valence-electron chi connectivity index (χ0n) is 10.8. The molecule has 0 atom stereocenters. The monoisotopic (exact) mass is 286 g/mol. The minimum absolute atomic E-state index is 0.654. The molecule has 0 bridgehead atoms. The van der Waals surface area contributed by atoms with Gasteiger partial charge in [-0.05, 0) is 0 Å². The first-order chi connectivity index (χ1) is 9.92. The molecule has 0 aliphatic carbocycles. The second-order valence-electron chi connectivity index (χ2n) is 4.25. The summed E-state index contributed by atoms with van der Waals surface area (Å²) in [6.07, 6.45) is 2.15. The van der Waals surface area contributed by atoms with Crippen LogP contribution in [0.5, 0.6) is 0 Å². The van der Waals surface area contributed by atoms with Gasteiger partial charge in [-0.15, -0.1) is 11.3 Å². The first kappa shape index (κ1) is 13.0. The maximum Gasteiger partial charge on any atom is 0.227 e. The highest BCUT2D eigenvalue weighted by molar-refractivity contribution is 7.09. The molecule has 102 valence electrons. The molecule has 0 radical (unpaired) electrons. The van der Waals surface area contributed by atoms with Crippen molar-refractivity contribution < 1.29 is 4.52 Å². The first-order valence-electron chi connectivity index (χ1n) is 6.38. The summed E-state index contributed by atoms with van der Waals surface area (Å²) in [5, 5.41) is 10.1. The Morgan fingerprint density at radius 1 is 1.20 bits per heavy atom. The second-order valence-corrected chi connectivity index (χ2v) is 5.20. The van der Waals surface area contributed by atoms with Crippen LogP contribution < -0.4 is 5.32 Å². The Labute approximate surface area is 120 Å². The Kier molecular flexibility index (Phi) is 4.15. The smallest absolute Gasteiger partial charge is 0.227 e. The lowest BCUT2D eigenvalue weighted by Gasteiger charge is -1.99. The molecule has 1 N–H and O–H groups in total. The van der Waals surface area contributed by atoms with Gasteiger partial charge in [0.25, 0.3) is 0 Å². The number of thiazole rings is 1. The molecule has 0 saturated heterocycles. The van der Waals surface area contributed by atoms with Crippen molar-refractivity contribution in [1.29, 1.82) is 0 Å². The Bertz CT molecular complexity index is 636. The van der Waals surface area contributed by atoms with Crippen LogP contribution in [0.15, 0.2) is 46.6 Å². The fraction of sp³-hybridized carbons (Fsp3) is 0.214. The number of hydrogen-bond acceptors (Lipinski definition) is 6. The standard InChI is InChI=1S/C14H14N4OS/c1-2-4-11(5-3-1)12-9-20-14(18-12)8-15-7-6-13-16-10-17-19-13/h1-5,9-10,15H,6-8H2. The molecule has 6 heteroatoms. The Hall–Kier alpha value is -2.05. The third-order valence-corrected chi connectivity index (χ3v) is 3.67. The SMILES string of the molecule is c1ccc(-c2csc(CNCCc3ncno3)n2)cc1. The predicted molar refractivity (Wildman–Crippen MR) is 77.3 cm³/mol. The Morgan fingerprint density at radius 3 is 2.90 bits per heavy atom. The number of nitrogens with zero attached hydrogens (tertiary/aromatic N) is 3. The zero-order valence-corrected chi connectivity index (χ0v) is 11.6. The van der Waals surface area contributed by atoms with Crippen molar-refractivity contribution in [3.05, 3.63) is 52.9 Å². The van der Waals surface area contributed by atoms with Crippen LogP contribution in [0, 0.1) is 0 Å². The second kappa shape index (κ2) is 6.40. The zero-order chi connectivity index (χ0) is 13.6. The highest BCUT2D eigenvalue weighted by Crippen LogP contribution is 2.21. The van der Waals surface area contributed by atoms with Gasteiger partial charge in [-0.25, -0.2) is 4.98 Å². The van der Waals surface area contributed by atoms with E-state index in [2.05, 4.69) is 38.0 Å². The summed E-state index contributed by atoms with van der Waals surface area (Å²) in [6, 6.07) is 10.2. The van der Waals surface area contributed by atoms with Crippen molar-refractivity contribution in [3.8, 4) is 11.3 Å². The van der Waals surface area contributed by atoms with Gasteiger partial charge in [-0.2, -0.15) is 4.98 Å². The molecule has 3 aromatic rings. The van der Waals surface area contributed by atoms with Gasteiger partial charge >= 0.3 is 0 Å². The van der Waals surface area contributed by atoms with E-state index in [1.165, 1.54) is 6.33 Å². The summed E-state index contributed by atoms with van der Waals surface area (Å²) in [6.45, 7) is 1.55. The van der Waals surface area contributed by atoms with Gasteiger partial charge < -0.3 is 9.84 Å². The van der Waals surface area contributed by atoms with E-state index in [0.29, 0.717) is 5.89 Å². The third-order valence-electron chi connectivity index (χ3n) is 2.82. The van der Waals surface area contributed by atoms with E-state index in [9.17, 15) is 0 Å². The largest absolute Gasteiger partial charge is 0.340 e. The minimum Gasteiger partial charge on any atom is -0.340 e. The van der Waals surface area contributed by atoms with Crippen LogP contribution in [0.4, 0.5) is 0 Å². The van der Waals surface area contributed by atoms with Gasteiger partial charge in [0.05, 0.1) is 5.69 Å². The molecular formula is C14H14N4OS. The topological polar surface area (TPSA) is 63.8 Å². The number of benzene rings is 1. The first-order valence-corrected chi connectivity index (χ1v) is 7.26. The van der Waals surface area contributed by atoms with Gasteiger partial charge in [0.15, 0.2) is 6.33 Å². The maximum absolute atomic E-state index is 4.93.